The van der Waals surface area contributed by atoms with Gasteiger partial charge in [-0.2, -0.15) is 0 Å². The van der Waals surface area contributed by atoms with Gasteiger partial charge in [-0.3, -0.25) is 19.2 Å². The predicted molar refractivity (Wildman–Crippen MR) is 139 cm³/mol. The maximum absolute atomic E-state index is 11.9. The molecule has 0 amide bonds. The fraction of sp³-hybridized carbons (Fsp3) is 0.200. The maximum Gasteiger partial charge on any atom is 0.234 e. The van der Waals surface area contributed by atoms with E-state index in [-0.39, 0.29) is 73.9 Å². The zero-order valence-electron chi connectivity index (χ0n) is 21.4. The van der Waals surface area contributed by atoms with Crippen molar-refractivity contribution in [3.05, 3.63) is 105 Å². The zero-order chi connectivity index (χ0) is 26.6. The number of benzene rings is 2. The van der Waals surface area contributed by atoms with Crippen LogP contribution in [0.25, 0.3) is 11.5 Å². The van der Waals surface area contributed by atoms with Gasteiger partial charge in [0.15, 0.2) is 0 Å². The van der Waals surface area contributed by atoms with Crippen LogP contribution >= 0.6 is 0 Å². The molecular formula is C30H28CdO6. The summed E-state index contributed by atoms with van der Waals surface area (Å²) in [4.78, 5) is 47.6. The molecule has 6 nitrogen and oxygen atoms in total. The maximum atomic E-state index is 11.9. The minimum Gasteiger partial charge on any atom is -0.507 e. The molecule has 0 fully saturated rings. The van der Waals surface area contributed by atoms with Gasteiger partial charge in [0.25, 0.3) is 0 Å². The van der Waals surface area contributed by atoms with Crippen molar-refractivity contribution in [2.75, 3.05) is 0 Å². The van der Waals surface area contributed by atoms with E-state index in [9.17, 15) is 29.4 Å². The topological polar surface area (TPSA) is 109 Å². The van der Waals surface area contributed by atoms with Crippen LogP contribution in [0.4, 0.5) is 0 Å². The monoisotopic (exact) mass is 598 g/mol. The van der Waals surface area contributed by atoms with Gasteiger partial charge in [-0.1, -0.05) is 71.8 Å². The minimum absolute atomic E-state index is 0. The molecule has 7 heteroatoms. The van der Waals surface area contributed by atoms with Gasteiger partial charge in [0.1, 0.15) is 11.5 Å². The van der Waals surface area contributed by atoms with Gasteiger partial charge in [-0.05, 0) is 40.5 Å². The molecule has 2 aromatic carbocycles. The summed E-state index contributed by atoms with van der Waals surface area (Å²) >= 11 is 0. The standard InChI is InChI=1S/2C15H14O3.Cd/c2*1-9(2)7-8-12-13(16)10-5-3-4-6-11(10)14(17)15(12)18;/h2*3-7,16H,8H2,1-2H3;. The summed E-state index contributed by atoms with van der Waals surface area (Å²) in [6, 6.07) is 13.2. The Hall–Kier alpha value is -3.40. The van der Waals surface area contributed by atoms with Gasteiger partial charge in [-0.25, -0.2) is 0 Å². The molecule has 186 valence electrons. The van der Waals surface area contributed by atoms with Gasteiger partial charge in [-0.15, -0.1) is 0 Å². The first kappa shape index (κ1) is 29.8. The Balaban J connectivity index is 0.000000253. The number of allylic oxidation sites excluding steroid dienone is 6. The molecule has 0 radical (unpaired) electrons. The summed E-state index contributed by atoms with van der Waals surface area (Å²) in [5.74, 6) is -2.45. The Morgan fingerprint density at radius 1 is 0.568 bits per heavy atom. The predicted octanol–water partition coefficient (Wildman–Crippen LogP) is 6.15. The first-order chi connectivity index (χ1) is 17.0. The second-order valence-electron chi connectivity index (χ2n) is 9.03. The average molecular weight is 597 g/mol. The van der Waals surface area contributed by atoms with E-state index < -0.39 is 23.1 Å². The number of Topliss-reactive ketones (excluding diaryl/α,β-unsaturated/α-hetero) is 4. The van der Waals surface area contributed by atoms with Crippen molar-refractivity contribution in [1.82, 2.24) is 0 Å². The van der Waals surface area contributed by atoms with Crippen LogP contribution in [0.1, 0.15) is 72.4 Å². The molecule has 0 bridgehead atoms. The number of rotatable bonds is 4. The first-order valence-electron chi connectivity index (χ1n) is 11.5. The molecule has 0 atom stereocenters. The number of carbonyl (C=O) groups is 4. The van der Waals surface area contributed by atoms with Gasteiger partial charge >= 0.3 is 0 Å². The van der Waals surface area contributed by atoms with E-state index in [0.29, 0.717) is 11.1 Å². The third-order valence-electron chi connectivity index (χ3n) is 5.81. The van der Waals surface area contributed by atoms with E-state index in [2.05, 4.69) is 0 Å². The van der Waals surface area contributed by atoms with Crippen molar-refractivity contribution in [3.8, 4) is 0 Å². The molecule has 4 rings (SSSR count). The van der Waals surface area contributed by atoms with Crippen LogP contribution in [-0.2, 0) is 36.9 Å². The smallest absolute Gasteiger partial charge is 0.234 e. The summed E-state index contributed by atoms with van der Waals surface area (Å²) in [5.41, 5.74) is 3.88. The Morgan fingerprint density at radius 3 is 1.16 bits per heavy atom. The van der Waals surface area contributed by atoms with E-state index in [1.54, 1.807) is 48.5 Å². The largest absolute Gasteiger partial charge is 0.507 e. The second kappa shape index (κ2) is 12.7. The Bertz CT molecular complexity index is 1290. The quantitative estimate of drug-likeness (QED) is 0.249. The number of hydrogen-bond acceptors (Lipinski definition) is 6. The molecule has 2 aliphatic carbocycles. The normalized spacial score (nSPS) is 14.2. The number of aliphatic hydroxyl groups is 2. The van der Waals surface area contributed by atoms with E-state index in [0.717, 1.165) is 11.1 Å². The van der Waals surface area contributed by atoms with E-state index in [1.165, 1.54) is 0 Å². The molecule has 2 N–H and O–H groups in total. The Kier molecular flexibility index (Phi) is 10.3. The third-order valence-corrected chi connectivity index (χ3v) is 5.81. The SMILES string of the molecule is CC(C)=CCC1=C(O)c2ccccc2C(=O)C1=O.CC(C)=CCC1=C(O)c2ccccc2C(=O)C1=O.[Cd]. The summed E-state index contributed by atoms with van der Waals surface area (Å²) in [7, 11) is 0. The average Bonchev–Trinajstić information content (AvgIpc) is 2.86. The number of aliphatic hydroxyl groups excluding tert-OH is 2. The number of hydrogen-bond donors (Lipinski definition) is 2. The molecule has 0 unspecified atom stereocenters. The minimum atomic E-state index is -0.608. The van der Waals surface area contributed by atoms with E-state index in [4.69, 9.17) is 0 Å². The van der Waals surface area contributed by atoms with Crippen molar-refractivity contribution in [2.45, 2.75) is 40.5 Å². The molecule has 37 heavy (non-hydrogen) atoms. The van der Waals surface area contributed by atoms with Crippen LogP contribution in [0, 0.1) is 0 Å². The van der Waals surface area contributed by atoms with E-state index in [1.807, 2.05) is 39.8 Å². The van der Waals surface area contributed by atoms with Crippen molar-refractivity contribution < 1.29 is 56.7 Å². The number of carbonyl (C=O) groups excluding carboxylic acids is 4. The molecule has 0 saturated carbocycles. The third kappa shape index (κ3) is 6.49. The van der Waals surface area contributed by atoms with Crippen LogP contribution in [-0.4, -0.2) is 33.3 Å². The molecule has 0 spiro atoms. The summed E-state index contributed by atoms with van der Waals surface area (Å²) in [6.45, 7) is 7.61. The van der Waals surface area contributed by atoms with Gasteiger partial charge < -0.3 is 10.2 Å². The second-order valence-corrected chi connectivity index (χ2v) is 9.03. The van der Waals surface area contributed by atoms with Gasteiger partial charge in [0.2, 0.25) is 23.1 Å². The molecule has 0 saturated heterocycles. The van der Waals surface area contributed by atoms with Gasteiger partial charge in [0, 0.05) is 60.7 Å². The molecule has 0 aliphatic heterocycles. The Morgan fingerprint density at radius 2 is 0.865 bits per heavy atom. The fourth-order valence-electron chi connectivity index (χ4n) is 3.83. The van der Waals surface area contributed by atoms with Crippen molar-refractivity contribution >= 4 is 34.7 Å². The molecule has 0 heterocycles. The summed E-state index contributed by atoms with van der Waals surface area (Å²) < 4.78 is 0. The first-order valence-corrected chi connectivity index (χ1v) is 11.5. The van der Waals surface area contributed by atoms with Crippen molar-refractivity contribution in [2.24, 2.45) is 0 Å². The summed E-state index contributed by atoms with van der Waals surface area (Å²) in [6.07, 6.45) is 4.22. The van der Waals surface area contributed by atoms with Crippen LogP contribution in [0.3, 0.4) is 0 Å². The molecule has 2 aromatic rings. The molecular weight excluding hydrogens is 569 g/mol. The van der Waals surface area contributed by atoms with Crippen LogP contribution in [0.2, 0.25) is 0 Å². The summed E-state index contributed by atoms with van der Waals surface area (Å²) in [5, 5.41) is 20.2. The van der Waals surface area contributed by atoms with E-state index >= 15 is 0 Å². The van der Waals surface area contributed by atoms with Gasteiger partial charge in [0.05, 0.1) is 0 Å². The molecule has 0 aromatic heterocycles. The Labute approximate surface area is 236 Å². The van der Waals surface area contributed by atoms with Crippen molar-refractivity contribution in [3.63, 3.8) is 0 Å². The van der Waals surface area contributed by atoms with Crippen LogP contribution < -0.4 is 0 Å². The van der Waals surface area contributed by atoms with Crippen LogP contribution in [0.15, 0.2) is 83.0 Å². The number of fused-ring (bicyclic) bond motifs is 2. The van der Waals surface area contributed by atoms with Crippen LogP contribution in [0.5, 0.6) is 0 Å². The fourth-order valence-corrected chi connectivity index (χ4v) is 3.83. The van der Waals surface area contributed by atoms with Crippen molar-refractivity contribution in [1.29, 1.82) is 0 Å². The zero-order valence-corrected chi connectivity index (χ0v) is 25.5. The number of ketones is 4. The molecule has 2 aliphatic rings.